The van der Waals surface area contributed by atoms with E-state index in [2.05, 4.69) is 10.4 Å². The van der Waals surface area contributed by atoms with Gasteiger partial charge in [0.2, 0.25) is 0 Å². The molecule has 0 fully saturated rings. The van der Waals surface area contributed by atoms with Crippen LogP contribution in [0.2, 0.25) is 0 Å². The van der Waals surface area contributed by atoms with E-state index in [1.807, 2.05) is 19.1 Å². The van der Waals surface area contributed by atoms with Gasteiger partial charge in [-0.25, -0.2) is 4.52 Å². The van der Waals surface area contributed by atoms with Crippen LogP contribution in [0.5, 0.6) is 0 Å². The number of nitrogens with one attached hydrogen (secondary N) is 1. The zero-order valence-electron chi connectivity index (χ0n) is 10.7. The Morgan fingerprint density at radius 2 is 2.16 bits per heavy atom. The molecule has 3 aromatic heterocycles. The van der Waals surface area contributed by atoms with Crippen LogP contribution >= 0.6 is 0 Å². The van der Waals surface area contributed by atoms with Crippen molar-refractivity contribution in [3.63, 3.8) is 0 Å². The zero-order chi connectivity index (χ0) is 13.4. The Kier molecular flexibility index (Phi) is 2.59. The minimum absolute atomic E-state index is 0.168. The topological polar surface area (TPSA) is 59.5 Å². The van der Waals surface area contributed by atoms with Gasteiger partial charge in [0.05, 0.1) is 11.1 Å². The highest BCUT2D eigenvalue weighted by Crippen LogP contribution is 2.17. The van der Waals surface area contributed by atoms with E-state index in [0.717, 1.165) is 17.0 Å². The third kappa shape index (κ3) is 2.10. The molecule has 0 spiro atoms. The number of fused-ring (bicyclic) bond motifs is 1. The van der Waals surface area contributed by atoms with Gasteiger partial charge in [0.15, 0.2) is 0 Å². The molecule has 19 heavy (non-hydrogen) atoms. The lowest BCUT2D eigenvalue weighted by molar-refractivity contribution is 0.102. The van der Waals surface area contributed by atoms with E-state index in [0.29, 0.717) is 11.3 Å². The predicted molar refractivity (Wildman–Crippen MR) is 71.3 cm³/mol. The molecule has 0 aliphatic carbocycles. The highest BCUT2D eigenvalue weighted by Gasteiger charge is 2.13. The third-order valence-electron chi connectivity index (χ3n) is 2.94. The number of aromatic nitrogens is 2. The minimum Gasteiger partial charge on any atom is -0.466 e. The van der Waals surface area contributed by atoms with E-state index in [1.54, 1.807) is 36.0 Å². The predicted octanol–water partition coefficient (Wildman–Crippen LogP) is 2.80. The smallest absolute Gasteiger partial charge is 0.259 e. The maximum atomic E-state index is 12.1. The van der Waals surface area contributed by atoms with E-state index >= 15 is 0 Å². The molecule has 0 saturated carbocycles. The number of aryl methyl sites for hydroxylation is 2. The van der Waals surface area contributed by atoms with E-state index in [1.165, 1.54) is 0 Å². The number of anilines is 1. The van der Waals surface area contributed by atoms with Crippen LogP contribution < -0.4 is 5.32 Å². The fourth-order valence-corrected chi connectivity index (χ4v) is 2.05. The molecule has 3 rings (SSSR count). The Balaban J connectivity index is 1.88. The molecule has 5 nitrogen and oxygen atoms in total. The lowest BCUT2D eigenvalue weighted by atomic mass is 10.2. The summed E-state index contributed by atoms with van der Waals surface area (Å²) in [6.45, 7) is 3.60. The lowest BCUT2D eigenvalue weighted by Crippen LogP contribution is -2.12. The molecule has 0 bridgehead atoms. The maximum absolute atomic E-state index is 12.1. The van der Waals surface area contributed by atoms with Gasteiger partial charge < -0.3 is 9.73 Å². The summed E-state index contributed by atoms with van der Waals surface area (Å²) in [6, 6.07) is 7.29. The number of furan rings is 1. The molecule has 0 radical (unpaired) electrons. The Hall–Kier alpha value is -2.56. The van der Waals surface area contributed by atoms with Crippen molar-refractivity contribution in [3.05, 3.63) is 53.7 Å². The highest BCUT2D eigenvalue weighted by molar-refractivity contribution is 6.05. The van der Waals surface area contributed by atoms with Gasteiger partial charge in [0.1, 0.15) is 11.5 Å². The summed E-state index contributed by atoms with van der Waals surface area (Å²) < 4.78 is 7.10. The molecule has 96 valence electrons. The molecular formula is C14H13N3O2. The quantitative estimate of drug-likeness (QED) is 0.766. The Morgan fingerprint density at radius 1 is 1.32 bits per heavy atom. The second-order valence-corrected chi connectivity index (χ2v) is 4.40. The van der Waals surface area contributed by atoms with Gasteiger partial charge in [0, 0.05) is 18.1 Å². The first kappa shape index (κ1) is 11.5. The minimum atomic E-state index is -0.168. The number of hydrogen-bond donors (Lipinski definition) is 1. The van der Waals surface area contributed by atoms with Gasteiger partial charge in [-0.1, -0.05) is 0 Å². The first-order valence-electron chi connectivity index (χ1n) is 5.95. The number of hydrogen-bond acceptors (Lipinski definition) is 3. The average Bonchev–Trinajstić information content (AvgIpc) is 2.94. The summed E-state index contributed by atoms with van der Waals surface area (Å²) in [5.41, 5.74) is 2.22. The summed E-state index contributed by atoms with van der Waals surface area (Å²) in [5, 5.41) is 6.96. The van der Waals surface area contributed by atoms with Gasteiger partial charge in [-0.3, -0.25) is 4.79 Å². The monoisotopic (exact) mass is 255 g/mol. The van der Waals surface area contributed by atoms with E-state index < -0.39 is 0 Å². The lowest BCUT2D eigenvalue weighted by Gasteiger charge is -2.04. The normalized spacial score (nSPS) is 10.8. The van der Waals surface area contributed by atoms with Crippen LogP contribution in [0.15, 0.2) is 41.1 Å². The number of nitrogens with zero attached hydrogens (tertiary/aromatic N) is 2. The first-order chi connectivity index (χ1) is 9.13. The Labute approximate surface area is 109 Å². The van der Waals surface area contributed by atoms with Crippen LogP contribution in [0.3, 0.4) is 0 Å². The standard InChI is InChI=1S/C14H13N3O2/c1-9-7-13(10(2)19-9)14(18)16-11-4-6-17-12(8-11)3-5-15-17/h3-8H,1-2H3,(H,16,18). The van der Waals surface area contributed by atoms with Crippen molar-refractivity contribution in [2.45, 2.75) is 13.8 Å². The summed E-state index contributed by atoms with van der Waals surface area (Å²) in [7, 11) is 0. The van der Waals surface area contributed by atoms with E-state index in [4.69, 9.17) is 4.42 Å². The van der Waals surface area contributed by atoms with Gasteiger partial charge in [-0.05, 0) is 38.1 Å². The molecular weight excluding hydrogens is 242 g/mol. The zero-order valence-corrected chi connectivity index (χ0v) is 10.7. The average molecular weight is 255 g/mol. The fourth-order valence-electron chi connectivity index (χ4n) is 2.05. The molecule has 0 atom stereocenters. The van der Waals surface area contributed by atoms with Crippen molar-refractivity contribution in [2.75, 3.05) is 5.32 Å². The van der Waals surface area contributed by atoms with Crippen LogP contribution in [0.1, 0.15) is 21.9 Å². The fraction of sp³-hybridized carbons (Fsp3) is 0.143. The van der Waals surface area contributed by atoms with Crippen molar-refractivity contribution in [1.29, 1.82) is 0 Å². The first-order valence-corrected chi connectivity index (χ1v) is 5.95. The maximum Gasteiger partial charge on any atom is 0.259 e. The summed E-state index contributed by atoms with van der Waals surface area (Å²) in [4.78, 5) is 12.1. The molecule has 3 aromatic rings. The Morgan fingerprint density at radius 3 is 2.89 bits per heavy atom. The van der Waals surface area contributed by atoms with E-state index in [9.17, 15) is 4.79 Å². The van der Waals surface area contributed by atoms with Crippen LogP contribution in [-0.4, -0.2) is 15.5 Å². The largest absolute Gasteiger partial charge is 0.466 e. The molecule has 0 aliphatic heterocycles. The summed E-state index contributed by atoms with van der Waals surface area (Å²) >= 11 is 0. The van der Waals surface area contributed by atoms with Crippen LogP contribution in [0.25, 0.3) is 5.52 Å². The van der Waals surface area contributed by atoms with Crippen molar-refractivity contribution in [2.24, 2.45) is 0 Å². The second-order valence-electron chi connectivity index (χ2n) is 4.40. The number of carbonyl (C=O) groups excluding carboxylic acids is 1. The highest BCUT2D eigenvalue weighted by atomic mass is 16.3. The van der Waals surface area contributed by atoms with Crippen molar-refractivity contribution < 1.29 is 9.21 Å². The molecule has 0 unspecified atom stereocenters. The number of pyridine rings is 1. The number of rotatable bonds is 2. The molecule has 5 heteroatoms. The van der Waals surface area contributed by atoms with Crippen LogP contribution in [0, 0.1) is 13.8 Å². The van der Waals surface area contributed by atoms with Crippen molar-refractivity contribution in [1.82, 2.24) is 9.61 Å². The number of carbonyl (C=O) groups is 1. The van der Waals surface area contributed by atoms with Crippen LogP contribution in [0.4, 0.5) is 5.69 Å². The molecule has 1 amide bonds. The Bertz CT molecular complexity index is 755. The SMILES string of the molecule is Cc1cc(C(=O)Nc2ccn3nccc3c2)c(C)o1. The van der Waals surface area contributed by atoms with Gasteiger partial charge >= 0.3 is 0 Å². The number of amides is 1. The second kappa shape index (κ2) is 4.28. The van der Waals surface area contributed by atoms with Gasteiger partial charge in [0.25, 0.3) is 5.91 Å². The van der Waals surface area contributed by atoms with Crippen LogP contribution in [-0.2, 0) is 0 Å². The third-order valence-corrected chi connectivity index (χ3v) is 2.94. The van der Waals surface area contributed by atoms with Gasteiger partial charge in [-0.15, -0.1) is 0 Å². The molecule has 0 aromatic carbocycles. The molecule has 0 aliphatic rings. The molecule has 1 N–H and O–H groups in total. The summed E-state index contributed by atoms with van der Waals surface area (Å²) in [6.07, 6.45) is 3.52. The summed E-state index contributed by atoms with van der Waals surface area (Å²) in [5.74, 6) is 1.19. The molecule has 0 saturated heterocycles. The molecule has 3 heterocycles. The van der Waals surface area contributed by atoms with Crippen molar-refractivity contribution in [3.8, 4) is 0 Å². The van der Waals surface area contributed by atoms with E-state index in [-0.39, 0.29) is 5.91 Å². The van der Waals surface area contributed by atoms with Gasteiger partial charge in [-0.2, -0.15) is 5.10 Å². The van der Waals surface area contributed by atoms with Crippen molar-refractivity contribution >= 4 is 17.1 Å².